The number of morpholine rings is 1. The van der Waals surface area contributed by atoms with Gasteiger partial charge in [0.25, 0.3) is 0 Å². The van der Waals surface area contributed by atoms with E-state index in [0.717, 1.165) is 38.2 Å². The summed E-state index contributed by atoms with van der Waals surface area (Å²) < 4.78 is 5.31. The lowest BCUT2D eigenvalue weighted by atomic mass is 10.1. The standard InChI is InChI=1S/C12H15NO2/c14-8-5-11-3-1-2-4-12(11)13-6-9-15-10-7-13/h1-4,8H,5-7,9-10H2. The van der Waals surface area contributed by atoms with E-state index in [-0.39, 0.29) is 0 Å². The van der Waals surface area contributed by atoms with Crippen LogP contribution in [0.15, 0.2) is 24.3 Å². The highest BCUT2D eigenvalue weighted by molar-refractivity contribution is 5.63. The second kappa shape index (κ2) is 4.94. The molecule has 2 rings (SSSR count). The van der Waals surface area contributed by atoms with Gasteiger partial charge in [-0.15, -0.1) is 0 Å². The molecular formula is C12H15NO2. The Kier molecular flexibility index (Phi) is 3.35. The molecule has 15 heavy (non-hydrogen) atoms. The Morgan fingerprint density at radius 2 is 2.00 bits per heavy atom. The Balaban J connectivity index is 2.20. The summed E-state index contributed by atoms with van der Waals surface area (Å²) in [5.74, 6) is 0. The van der Waals surface area contributed by atoms with Crippen molar-refractivity contribution in [1.29, 1.82) is 0 Å². The molecule has 0 radical (unpaired) electrons. The van der Waals surface area contributed by atoms with Crippen molar-refractivity contribution >= 4 is 12.0 Å². The van der Waals surface area contributed by atoms with E-state index < -0.39 is 0 Å². The Bertz CT molecular complexity index is 332. The minimum atomic E-state index is 0.494. The smallest absolute Gasteiger partial charge is 0.124 e. The van der Waals surface area contributed by atoms with Crippen LogP contribution in [0.3, 0.4) is 0 Å². The topological polar surface area (TPSA) is 29.5 Å². The van der Waals surface area contributed by atoms with Gasteiger partial charge in [-0.3, -0.25) is 0 Å². The van der Waals surface area contributed by atoms with Gasteiger partial charge >= 0.3 is 0 Å². The minimum Gasteiger partial charge on any atom is -0.378 e. The summed E-state index contributed by atoms with van der Waals surface area (Å²) >= 11 is 0. The normalized spacial score (nSPS) is 16.4. The lowest BCUT2D eigenvalue weighted by molar-refractivity contribution is -0.107. The van der Waals surface area contributed by atoms with Gasteiger partial charge in [-0.2, -0.15) is 0 Å². The Morgan fingerprint density at radius 1 is 1.27 bits per heavy atom. The van der Waals surface area contributed by atoms with Gasteiger partial charge < -0.3 is 14.4 Å². The molecule has 1 fully saturated rings. The van der Waals surface area contributed by atoms with E-state index in [0.29, 0.717) is 6.42 Å². The monoisotopic (exact) mass is 205 g/mol. The molecule has 0 bridgehead atoms. The van der Waals surface area contributed by atoms with Crippen LogP contribution in [0.25, 0.3) is 0 Å². The van der Waals surface area contributed by atoms with E-state index in [1.54, 1.807) is 0 Å². The van der Waals surface area contributed by atoms with Crippen LogP contribution in [-0.4, -0.2) is 32.6 Å². The first kappa shape index (κ1) is 10.2. The van der Waals surface area contributed by atoms with Gasteiger partial charge in [0, 0.05) is 25.2 Å². The van der Waals surface area contributed by atoms with Crippen LogP contribution in [0.4, 0.5) is 5.69 Å². The predicted molar refractivity (Wildman–Crippen MR) is 59.2 cm³/mol. The summed E-state index contributed by atoms with van der Waals surface area (Å²) in [5.41, 5.74) is 2.28. The fraction of sp³-hybridized carbons (Fsp3) is 0.417. The predicted octanol–water partition coefficient (Wildman–Crippen LogP) is 1.26. The van der Waals surface area contributed by atoms with Crippen molar-refractivity contribution in [1.82, 2.24) is 0 Å². The van der Waals surface area contributed by atoms with E-state index in [4.69, 9.17) is 4.74 Å². The molecule has 0 spiro atoms. The molecule has 3 nitrogen and oxygen atoms in total. The largest absolute Gasteiger partial charge is 0.378 e. The lowest BCUT2D eigenvalue weighted by Crippen LogP contribution is -2.36. The zero-order valence-corrected chi connectivity index (χ0v) is 8.69. The molecule has 0 atom stereocenters. The van der Waals surface area contributed by atoms with Crippen molar-refractivity contribution in [3.63, 3.8) is 0 Å². The molecule has 0 unspecified atom stereocenters. The maximum atomic E-state index is 10.6. The highest BCUT2D eigenvalue weighted by atomic mass is 16.5. The number of aldehydes is 1. The van der Waals surface area contributed by atoms with E-state index in [1.165, 1.54) is 5.69 Å². The molecule has 1 aliphatic rings. The van der Waals surface area contributed by atoms with Crippen molar-refractivity contribution in [3.05, 3.63) is 29.8 Å². The third-order valence-corrected chi connectivity index (χ3v) is 2.65. The maximum Gasteiger partial charge on any atom is 0.124 e. The molecule has 0 N–H and O–H groups in total. The van der Waals surface area contributed by atoms with Crippen LogP contribution in [-0.2, 0) is 16.0 Å². The number of rotatable bonds is 3. The van der Waals surface area contributed by atoms with Gasteiger partial charge in [-0.05, 0) is 11.6 Å². The number of ether oxygens (including phenoxy) is 1. The van der Waals surface area contributed by atoms with Gasteiger partial charge in [-0.25, -0.2) is 0 Å². The van der Waals surface area contributed by atoms with Gasteiger partial charge in [0.05, 0.1) is 13.2 Å². The first-order chi connectivity index (χ1) is 7.42. The Hall–Kier alpha value is -1.35. The van der Waals surface area contributed by atoms with E-state index in [9.17, 15) is 4.79 Å². The number of hydrogen-bond donors (Lipinski definition) is 0. The molecule has 1 aromatic carbocycles. The van der Waals surface area contributed by atoms with E-state index >= 15 is 0 Å². The van der Waals surface area contributed by atoms with Crippen LogP contribution in [0.1, 0.15) is 5.56 Å². The molecule has 0 aromatic heterocycles. The third kappa shape index (κ3) is 2.36. The van der Waals surface area contributed by atoms with Crippen LogP contribution in [0.5, 0.6) is 0 Å². The van der Waals surface area contributed by atoms with Crippen LogP contribution < -0.4 is 4.90 Å². The van der Waals surface area contributed by atoms with Gasteiger partial charge in [-0.1, -0.05) is 18.2 Å². The van der Waals surface area contributed by atoms with Crippen molar-refractivity contribution in [2.24, 2.45) is 0 Å². The third-order valence-electron chi connectivity index (χ3n) is 2.65. The van der Waals surface area contributed by atoms with Crippen LogP contribution in [0.2, 0.25) is 0 Å². The van der Waals surface area contributed by atoms with Crippen molar-refractivity contribution in [2.45, 2.75) is 6.42 Å². The molecular weight excluding hydrogens is 190 g/mol. The number of para-hydroxylation sites is 1. The summed E-state index contributed by atoms with van der Waals surface area (Å²) in [6.45, 7) is 3.37. The van der Waals surface area contributed by atoms with Crippen molar-refractivity contribution < 1.29 is 9.53 Å². The molecule has 1 aliphatic heterocycles. The molecule has 0 aliphatic carbocycles. The van der Waals surface area contributed by atoms with Crippen LogP contribution in [0, 0.1) is 0 Å². The van der Waals surface area contributed by atoms with Gasteiger partial charge in [0.1, 0.15) is 6.29 Å². The Morgan fingerprint density at radius 3 is 2.73 bits per heavy atom. The number of benzene rings is 1. The molecule has 1 saturated heterocycles. The summed E-state index contributed by atoms with van der Waals surface area (Å²) in [4.78, 5) is 12.8. The molecule has 1 heterocycles. The average Bonchev–Trinajstić information content (AvgIpc) is 2.31. The van der Waals surface area contributed by atoms with Gasteiger partial charge in [0.2, 0.25) is 0 Å². The highest BCUT2D eigenvalue weighted by Gasteiger charge is 2.13. The molecule has 0 saturated carbocycles. The van der Waals surface area contributed by atoms with E-state index in [2.05, 4.69) is 11.0 Å². The quantitative estimate of drug-likeness (QED) is 0.696. The van der Waals surface area contributed by atoms with Crippen LogP contribution >= 0.6 is 0 Å². The van der Waals surface area contributed by atoms with Crippen molar-refractivity contribution in [2.75, 3.05) is 31.2 Å². The SMILES string of the molecule is O=CCc1ccccc1N1CCOCC1. The summed E-state index contributed by atoms with van der Waals surface area (Å²) in [6.07, 6.45) is 1.45. The van der Waals surface area contributed by atoms with Crippen molar-refractivity contribution in [3.8, 4) is 0 Å². The second-order valence-electron chi connectivity index (χ2n) is 3.60. The molecule has 0 amide bonds. The molecule has 80 valence electrons. The minimum absolute atomic E-state index is 0.494. The number of hydrogen-bond acceptors (Lipinski definition) is 3. The number of carbonyl (C=O) groups excluding carboxylic acids is 1. The molecule has 1 aromatic rings. The zero-order valence-electron chi connectivity index (χ0n) is 8.69. The summed E-state index contributed by atoms with van der Waals surface area (Å²) in [5, 5.41) is 0. The number of nitrogens with zero attached hydrogens (tertiary/aromatic N) is 1. The summed E-state index contributed by atoms with van der Waals surface area (Å²) in [6, 6.07) is 8.07. The van der Waals surface area contributed by atoms with Gasteiger partial charge in [0.15, 0.2) is 0 Å². The number of carbonyl (C=O) groups is 1. The second-order valence-corrected chi connectivity index (χ2v) is 3.60. The van der Waals surface area contributed by atoms with E-state index in [1.807, 2.05) is 18.2 Å². The number of anilines is 1. The Labute approximate surface area is 89.7 Å². The summed E-state index contributed by atoms with van der Waals surface area (Å²) in [7, 11) is 0. The molecule has 3 heteroatoms. The first-order valence-corrected chi connectivity index (χ1v) is 5.26. The zero-order chi connectivity index (χ0) is 10.5. The first-order valence-electron chi connectivity index (χ1n) is 5.26. The lowest BCUT2D eigenvalue weighted by Gasteiger charge is -2.30. The fourth-order valence-electron chi connectivity index (χ4n) is 1.89. The maximum absolute atomic E-state index is 10.6. The average molecular weight is 205 g/mol. The fourth-order valence-corrected chi connectivity index (χ4v) is 1.89. The highest BCUT2D eigenvalue weighted by Crippen LogP contribution is 2.21.